The van der Waals surface area contributed by atoms with Crippen molar-refractivity contribution in [2.24, 2.45) is 0 Å². The molecule has 0 aromatic carbocycles. The molecule has 0 bridgehead atoms. The molecule has 1 nitrogen and oxygen atoms in total. The van der Waals surface area contributed by atoms with Crippen molar-refractivity contribution < 1.29 is 8.78 Å². The average molecular weight is 177 g/mol. The molecule has 0 aromatic heterocycles. The highest BCUT2D eigenvalue weighted by molar-refractivity contribution is 4.90. The number of likely N-dealkylation sites (tertiary alicyclic amines) is 1. The molecule has 0 amide bonds. The summed E-state index contributed by atoms with van der Waals surface area (Å²) in [6.45, 7) is 3.67. The summed E-state index contributed by atoms with van der Waals surface area (Å²) in [7, 11) is 1.80. The number of hydrogen-bond donors (Lipinski definition) is 0. The third-order valence-corrected chi connectivity index (χ3v) is 3.08. The van der Waals surface area contributed by atoms with Gasteiger partial charge in [0.2, 0.25) is 0 Å². The van der Waals surface area contributed by atoms with E-state index in [1.54, 1.807) is 14.0 Å². The van der Waals surface area contributed by atoms with Crippen molar-refractivity contribution in [2.75, 3.05) is 7.05 Å². The molecule has 12 heavy (non-hydrogen) atoms. The molecule has 0 spiro atoms. The van der Waals surface area contributed by atoms with Crippen molar-refractivity contribution in [1.29, 1.82) is 0 Å². The first-order chi connectivity index (χ1) is 5.49. The van der Waals surface area contributed by atoms with Crippen LogP contribution in [0.25, 0.3) is 0 Å². The molecule has 1 fully saturated rings. The Morgan fingerprint density at radius 3 is 2.58 bits per heavy atom. The van der Waals surface area contributed by atoms with Crippen LogP contribution in [-0.4, -0.2) is 30.0 Å². The Balaban J connectivity index is 2.65. The molecule has 1 rings (SSSR count). The Kier molecular flexibility index (Phi) is 2.71. The lowest BCUT2D eigenvalue weighted by molar-refractivity contribution is -0.116. The van der Waals surface area contributed by atoms with Gasteiger partial charge in [-0.25, -0.2) is 8.78 Å². The number of alkyl halides is 2. The predicted octanol–water partition coefficient (Wildman–Crippen LogP) is 2.51. The average Bonchev–Trinajstić information content (AvgIpc) is 2.01. The van der Waals surface area contributed by atoms with Gasteiger partial charge in [0, 0.05) is 12.5 Å². The molecule has 0 aromatic rings. The van der Waals surface area contributed by atoms with Gasteiger partial charge >= 0.3 is 0 Å². The number of nitrogens with zero attached hydrogens (tertiary/aromatic N) is 1. The molecule has 3 heteroatoms. The largest absolute Gasteiger partial charge is 0.295 e. The first-order valence-electron chi connectivity index (χ1n) is 4.58. The van der Waals surface area contributed by atoms with E-state index in [1.807, 2.05) is 4.90 Å². The Labute approximate surface area is 72.7 Å². The van der Waals surface area contributed by atoms with E-state index in [-0.39, 0.29) is 6.42 Å². The summed E-state index contributed by atoms with van der Waals surface area (Å²) in [4.78, 5) is 1.81. The minimum absolute atomic E-state index is 0.0526. The molecule has 2 unspecified atom stereocenters. The summed E-state index contributed by atoms with van der Waals surface area (Å²) >= 11 is 0. The Bertz CT molecular complexity index is 159. The van der Waals surface area contributed by atoms with Gasteiger partial charge < -0.3 is 0 Å². The van der Waals surface area contributed by atoms with Gasteiger partial charge in [0.1, 0.15) is 0 Å². The van der Waals surface area contributed by atoms with Crippen molar-refractivity contribution in [2.45, 2.75) is 51.1 Å². The third kappa shape index (κ3) is 1.60. The molecule has 2 atom stereocenters. The summed E-state index contributed by atoms with van der Waals surface area (Å²) in [5.41, 5.74) is 0. The van der Waals surface area contributed by atoms with Gasteiger partial charge in [-0.3, -0.25) is 4.90 Å². The van der Waals surface area contributed by atoms with E-state index in [0.717, 1.165) is 6.42 Å². The van der Waals surface area contributed by atoms with Crippen LogP contribution in [0.5, 0.6) is 0 Å². The number of piperidine rings is 1. The lowest BCUT2D eigenvalue weighted by Gasteiger charge is -2.42. The molecule has 0 aliphatic carbocycles. The van der Waals surface area contributed by atoms with Gasteiger partial charge in [0.25, 0.3) is 5.92 Å². The molecule has 72 valence electrons. The second kappa shape index (κ2) is 3.29. The molecular formula is C9H17F2N. The fourth-order valence-electron chi connectivity index (χ4n) is 1.88. The van der Waals surface area contributed by atoms with Crippen LogP contribution >= 0.6 is 0 Å². The second-order valence-corrected chi connectivity index (χ2v) is 3.70. The highest BCUT2D eigenvalue weighted by Gasteiger charge is 2.44. The minimum Gasteiger partial charge on any atom is -0.295 e. The van der Waals surface area contributed by atoms with Crippen LogP contribution in [0.1, 0.15) is 33.1 Å². The first kappa shape index (κ1) is 9.90. The quantitative estimate of drug-likeness (QED) is 0.595. The zero-order chi connectivity index (χ0) is 9.35. The van der Waals surface area contributed by atoms with Crippen LogP contribution in [0.15, 0.2) is 0 Å². The molecule has 0 N–H and O–H groups in total. The minimum atomic E-state index is -2.49. The summed E-state index contributed by atoms with van der Waals surface area (Å²) in [5, 5.41) is 0. The molecule has 0 radical (unpaired) electrons. The molecular weight excluding hydrogens is 160 g/mol. The second-order valence-electron chi connectivity index (χ2n) is 3.70. The molecule has 1 aliphatic heterocycles. The predicted molar refractivity (Wildman–Crippen MR) is 45.5 cm³/mol. The fraction of sp³-hybridized carbons (Fsp3) is 1.00. The highest BCUT2D eigenvalue weighted by atomic mass is 19.3. The molecule has 1 aliphatic rings. The van der Waals surface area contributed by atoms with Gasteiger partial charge in [-0.15, -0.1) is 0 Å². The number of rotatable bonds is 1. The van der Waals surface area contributed by atoms with Crippen LogP contribution in [0, 0.1) is 0 Å². The molecule has 1 heterocycles. The van der Waals surface area contributed by atoms with Crippen molar-refractivity contribution in [3.05, 3.63) is 0 Å². The van der Waals surface area contributed by atoms with Crippen molar-refractivity contribution in [3.63, 3.8) is 0 Å². The topological polar surface area (TPSA) is 3.24 Å². The van der Waals surface area contributed by atoms with Crippen LogP contribution in [-0.2, 0) is 0 Å². The van der Waals surface area contributed by atoms with E-state index in [2.05, 4.69) is 6.92 Å². The van der Waals surface area contributed by atoms with E-state index in [9.17, 15) is 8.78 Å². The number of hydrogen-bond acceptors (Lipinski definition) is 1. The van der Waals surface area contributed by atoms with Gasteiger partial charge in [-0.2, -0.15) is 0 Å². The van der Waals surface area contributed by atoms with Crippen LogP contribution < -0.4 is 0 Å². The van der Waals surface area contributed by atoms with Crippen molar-refractivity contribution in [1.82, 2.24) is 4.90 Å². The number of halogens is 2. The van der Waals surface area contributed by atoms with E-state index < -0.39 is 12.0 Å². The Morgan fingerprint density at radius 2 is 2.08 bits per heavy atom. The van der Waals surface area contributed by atoms with E-state index in [0.29, 0.717) is 12.5 Å². The van der Waals surface area contributed by atoms with Crippen molar-refractivity contribution in [3.8, 4) is 0 Å². The summed E-state index contributed by atoms with van der Waals surface area (Å²) in [6, 6.07) is -0.254. The smallest absolute Gasteiger partial charge is 0.263 e. The van der Waals surface area contributed by atoms with Gasteiger partial charge in [0.15, 0.2) is 0 Å². The Morgan fingerprint density at radius 1 is 1.50 bits per heavy atom. The third-order valence-electron chi connectivity index (χ3n) is 3.08. The Hall–Kier alpha value is -0.180. The zero-order valence-corrected chi connectivity index (χ0v) is 7.98. The van der Waals surface area contributed by atoms with Crippen molar-refractivity contribution >= 4 is 0 Å². The maximum atomic E-state index is 13.1. The zero-order valence-electron chi connectivity index (χ0n) is 7.98. The van der Waals surface area contributed by atoms with E-state index in [4.69, 9.17) is 0 Å². The lowest BCUT2D eigenvalue weighted by atomic mass is 9.92. The SMILES string of the molecule is CCC1CCC(F)(F)C(C)N1C. The van der Waals surface area contributed by atoms with E-state index in [1.165, 1.54) is 0 Å². The maximum absolute atomic E-state index is 13.1. The van der Waals surface area contributed by atoms with Crippen LogP contribution in [0.3, 0.4) is 0 Å². The van der Waals surface area contributed by atoms with E-state index >= 15 is 0 Å². The first-order valence-corrected chi connectivity index (χ1v) is 4.58. The van der Waals surface area contributed by atoms with Gasteiger partial charge in [-0.1, -0.05) is 6.92 Å². The molecule has 1 saturated heterocycles. The van der Waals surface area contributed by atoms with Gasteiger partial charge in [-0.05, 0) is 26.8 Å². The summed E-state index contributed by atoms with van der Waals surface area (Å²) < 4.78 is 26.2. The summed E-state index contributed by atoms with van der Waals surface area (Å²) in [6.07, 6.45) is 1.65. The normalized spacial score (nSPS) is 36.8. The fourth-order valence-corrected chi connectivity index (χ4v) is 1.88. The maximum Gasteiger partial charge on any atom is 0.263 e. The summed E-state index contributed by atoms with van der Waals surface area (Å²) in [5.74, 6) is -2.49. The standard InChI is InChI=1S/C9H17F2N/c1-4-8-5-6-9(10,11)7(2)12(8)3/h7-8H,4-6H2,1-3H3. The highest BCUT2D eigenvalue weighted by Crippen LogP contribution is 2.35. The van der Waals surface area contributed by atoms with Crippen LogP contribution in [0.2, 0.25) is 0 Å². The lowest BCUT2D eigenvalue weighted by Crippen LogP contribution is -2.53. The monoisotopic (exact) mass is 177 g/mol. The molecule has 0 saturated carbocycles. The van der Waals surface area contributed by atoms with Gasteiger partial charge in [0.05, 0.1) is 6.04 Å². The van der Waals surface area contributed by atoms with Crippen LogP contribution in [0.4, 0.5) is 8.78 Å².